The molecule has 58 heavy (non-hydrogen) atoms. The number of aryl methyl sites for hydroxylation is 1. The molecular weight excluding hydrogens is 761 g/mol. The smallest absolute Gasteiger partial charge is 0.264 e. The number of imide groups is 2. The van der Waals surface area contributed by atoms with Crippen molar-refractivity contribution in [2.24, 2.45) is 5.92 Å². The van der Waals surface area contributed by atoms with Gasteiger partial charge in [-0.25, -0.2) is 9.97 Å². The SMILES string of the molecule is Cc1sc(-c2cnc(Cc3cccc(OCCOCCNc4cccc5c4C(=O)N(C4CCC(=O)NC4=O)C5=O)c3)o2)nc1-c1ccc2c(c1)CCN2C(=O)C1CC1. The second kappa shape index (κ2) is 15.6. The highest BCUT2D eigenvalue weighted by molar-refractivity contribution is 7.15. The van der Waals surface area contributed by atoms with Gasteiger partial charge in [0.25, 0.3) is 11.8 Å². The topological polar surface area (TPSA) is 173 Å². The fraction of sp³-hybridized carbons (Fsp3) is 0.326. The first-order valence-electron chi connectivity index (χ1n) is 19.5. The summed E-state index contributed by atoms with van der Waals surface area (Å²) < 4.78 is 17.9. The zero-order valence-corrected chi connectivity index (χ0v) is 32.6. The second-order valence-electron chi connectivity index (χ2n) is 14.8. The predicted octanol–water partition coefficient (Wildman–Crippen LogP) is 5.57. The second-order valence-corrected chi connectivity index (χ2v) is 16.0. The number of nitrogens with zero attached hydrogens (tertiary/aromatic N) is 4. The van der Waals surface area contributed by atoms with Crippen molar-refractivity contribution in [3.8, 4) is 27.8 Å². The minimum absolute atomic E-state index is 0.0596. The highest BCUT2D eigenvalue weighted by Gasteiger charge is 2.45. The van der Waals surface area contributed by atoms with Crippen LogP contribution in [-0.4, -0.2) is 83.4 Å². The Morgan fingerprint density at radius 1 is 0.983 bits per heavy atom. The number of fused-ring (bicyclic) bond motifs is 2. The van der Waals surface area contributed by atoms with Gasteiger partial charge in [-0.2, -0.15) is 0 Å². The van der Waals surface area contributed by atoms with Crippen molar-refractivity contribution in [1.29, 1.82) is 0 Å². The molecule has 0 radical (unpaired) electrons. The number of ether oxygens (including phenoxy) is 2. The number of amides is 5. The molecule has 1 aliphatic carbocycles. The number of piperidine rings is 1. The summed E-state index contributed by atoms with van der Waals surface area (Å²) >= 11 is 1.57. The number of benzene rings is 3. The lowest BCUT2D eigenvalue weighted by molar-refractivity contribution is -0.136. The molecule has 5 aromatic rings. The summed E-state index contributed by atoms with van der Waals surface area (Å²) in [6.07, 6.45) is 5.20. The molecule has 14 nitrogen and oxygen atoms in total. The van der Waals surface area contributed by atoms with E-state index in [2.05, 4.69) is 40.7 Å². The largest absolute Gasteiger partial charge is 0.491 e. The van der Waals surface area contributed by atoms with Crippen LogP contribution in [0.3, 0.4) is 0 Å². The summed E-state index contributed by atoms with van der Waals surface area (Å²) in [5.41, 5.74) is 6.01. The number of hydrogen-bond acceptors (Lipinski definition) is 12. The minimum Gasteiger partial charge on any atom is -0.491 e. The third-order valence-corrected chi connectivity index (χ3v) is 11.8. The number of nitrogens with one attached hydrogen (secondary N) is 2. The molecule has 0 bridgehead atoms. The molecule has 1 saturated carbocycles. The number of aromatic nitrogens is 2. The third-order valence-electron chi connectivity index (χ3n) is 10.8. The van der Waals surface area contributed by atoms with Crippen LogP contribution in [0, 0.1) is 12.8 Å². The van der Waals surface area contributed by atoms with Gasteiger partial charge in [-0.15, -0.1) is 11.3 Å². The molecule has 0 spiro atoms. The van der Waals surface area contributed by atoms with Crippen molar-refractivity contribution < 1.29 is 37.9 Å². The predicted molar refractivity (Wildman–Crippen MR) is 214 cm³/mol. The summed E-state index contributed by atoms with van der Waals surface area (Å²) in [6, 6.07) is 17.9. The molecule has 2 N–H and O–H groups in total. The maximum Gasteiger partial charge on any atom is 0.264 e. The molecule has 1 atom stereocenters. The van der Waals surface area contributed by atoms with Crippen molar-refractivity contribution in [1.82, 2.24) is 20.2 Å². The van der Waals surface area contributed by atoms with E-state index in [1.807, 2.05) is 29.2 Å². The Morgan fingerprint density at radius 3 is 2.69 bits per heavy atom. The van der Waals surface area contributed by atoms with E-state index in [0.717, 1.165) is 63.1 Å². The van der Waals surface area contributed by atoms with Gasteiger partial charge < -0.3 is 24.1 Å². The van der Waals surface area contributed by atoms with Gasteiger partial charge >= 0.3 is 0 Å². The Balaban J connectivity index is 0.742. The monoisotopic (exact) mass is 800 g/mol. The van der Waals surface area contributed by atoms with Crippen LogP contribution in [0.15, 0.2) is 71.3 Å². The van der Waals surface area contributed by atoms with Gasteiger partial charge in [-0.05, 0) is 80.1 Å². The van der Waals surface area contributed by atoms with Crippen molar-refractivity contribution in [2.75, 3.05) is 43.1 Å². The molecule has 2 fully saturated rings. The average molecular weight is 801 g/mol. The van der Waals surface area contributed by atoms with Gasteiger partial charge in [0.1, 0.15) is 18.4 Å². The van der Waals surface area contributed by atoms with Crippen molar-refractivity contribution in [3.63, 3.8) is 0 Å². The molecular formula is C43H40N6O8S. The number of rotatable bonds is 14. The quantitative estimate of drug-likeness (QED) is 0.106. The zero-order valence-electron chi connectivity index (χ0n) is 31.7. The third kappa shape index (κ3) is 7.38. The van der Waals surface area contributed by atoms with Crippen LogP contribution in [0.25, 0.3) is 22.0 Å². The van der Waals surface area contributed by atoms with Gasteiger partial charge in [0.15, 0.2) is 16.7 Å². The number of oxazole rings is 1. The fourth-order valence-corrected chi connectivity index (χ4v) is 8.63. The van der Waals surface area contributed by atoms with E-state index in [-0.39, 0.29) is 35.8 Å². The average Bonchev–Trinajstić information content (AvgIpc) is 3.49. The highest BCUT2D eigenvalue weighted by atomic mass is 32.1. The number of anilines is 2. The molecule has 3 aliphatic heterocycles. The van der Waals surface area contributed by atoms with Gasteiger partial charge in [0.2, 0.25) is 17.7 Å². The van der Waals surface area contributed by atoms with E-state index in [9.17, 15) is 24.0 Å². The first-order valence-corrected chi connectivity index (χ1v) is 20.3. The molecule has 2 aromatic heterocycles. The van der Waals surface area contributed by atoms with E-state index >= 15 is 0 Å². The Morgan fingerprint density at radius 2 is 1.84 bits per heavy atom. The van der Waals surface area contributed by atoms with Crippen molar-refractivity contribution in [3.05, 3.63) is 99.9 Å². The highest BCUT2D eigenvalue weighted by Crippen LogP contribution is 2.40. The number of carbonyl (C=O) groups excluding carboxylic acids is 5. The first kappa shape index (κ1) is 37.4. The van der Waals surface area contributed by atoms with Crippen LogP contribution in [0.1, 0.15) is 68.3 Å². The van der Waals surface area contributed by atoms with Crippen molar-refractivity contribution >= 4 is 52.2 Å². The molecule has 3 aromatic carbocycles. The van der Waals surface area contributed by atoms with E-state index < -0.39 is 29.7 Å². The van der Waals surface area contributed by atoms with Crippen molar-refractivity contribution in [2.45, 2.75) is 51.5 Å². The van der Waals surface area contributed by atoms with E-state index in [0.29, 0.717) is 55.9 Å². The molecule has 4 aliphatic rings. The Hall–Kier alpha value is -6.19. The summed E-state index contributed by atoms with van der Waals surface area (Å²) in [5.74, 6) is 0.134. The van der Waals surface area contributed by atoms with Gasteiger partial charge in [0, 0.05) is 53.7 Å². The van der Waals surface area contributed by atoms with E-state index in [4.69, 9.17) is 18.9 Å². The molecule has 1 saturated heterocycles. The van der Waals surface area contributed by atoms with Crippen LogP contribution < -0.4 is 20.3 Å². The summed E-state index contributed by atoms with van der Waals surface area (Å²) in [7, 11) is 0. The molecule has 5 heterocycles. The van der Waals surface area contributed by atoms with Crippen LogP contribution in [-0.2, 0) is 32.0 Å². The Bertz CT molecular complexity index is 2470. The lowest BCUT2D eigenvalue weighted by Crippen LogP contribution is -2.54. The first-order chi connectivity index (χ1) is 28.2. The maximum atomic E-state index is 13.3. The molecule has 15 heteroatoms. The van der Waals surface area contributed by atoms with Gasteiger partial charge in [-0.1, -0.05) is 24.3 Å². The summed E-state index contributed by atoms with van der Waals surface area (Å²) in [6.45, 7) is 4.11. The molecule has 9 rings (SSSR count). The number of thiazole rings is 1. The van der Waals surface area contributed by atoms with E-state index in [1.165, 1.54) is 5.56 Å². The normalized spacial score (nSPS) is 17.4. The standard InChI is InChI=1S/C43H40N6O8S/c1-24-38(28-10-11-32-27(22-28)14-16-48(32)41(52)26-8-9-26)47-40(58-24)34-23-45-36(57-34)21-25-4-2-5-29(20-25)56-19-18-55-17-15-44-31-7-3-6-30-37(31)43(54)49(42(30)53)33-12-13-35(50)46-39(33)51/h2-7,10-11,20,22-23,26,33,44H,8-9,12-19,21H2,1H3,(H,46,50,51). The van der Waals surface area contributed by atoms with Crippen LogP contribution in [0.2, 0.25) is 0 Å². The maximum absolute atomic E-state index is 13.3. The molecule has 1 unspecified atom stereocenters. The minimum atomic E-state index is -1.02. The number of carbonyl (C=O) groups is 5. The fourth-order valence-electron chi connectivity index (χ4n) is 7.75. The van der Waals surface area contributed by atoms with Gasteiger partial charge in [-0.3, -0.25) is 34.2 Å². The lowest BCUT2D eigenvalue weighted by atomic mass is 10.0. The molecule has 5 amide bonds. The lowest BCUT2D eigenvalue weighted by Gasteiger charge is -2.27. The summed E-state index contributed by atoms with van der Waals surface area (Å²) in [5, 5.41) is 6.14. The zero-order chi connectivity index (χ0) is 39.9. The van der Waals surface area contributed by atoms with Crippen LogP contribution >= 0.6 is 11.3 Å². The Labute approximate surface area is 337 Å². The van der Waals surface area contributed by atoms with Gasteiger partial charge in [0.05, 0.1) is 36.2 Å². The molecule has 296 valence electrons. The van der Waals surface area contributed by atoms with E-state index in [1.54, 1.807) is 35.7 Å². The Kier molecular flexibility index (Phi) is 10.1. The summed E-state index contributed by atoms with van der Waals surface area (Å²) in [4.78, 5) is 76.6. The van der Waals surface area contributed by atoms with Crippen LogP contribution in [0.4, 0.5) is 11.4 Å². The van der Waals surface area contributed by atoms with Crippen LogP contribution in [0.5, 0.6) is 5.75 Å². The number of hydrogen-bond donors (Lipinski definition) is 2.